The van der Waals surface area contributed by atoms with Gasteiger partial charge in [-0.05, 0) is 45.7 Å². The number of nitrogens with zero attached hydrogens (tertiary/aromatic N) is 2. The van der Waals surface area contributed by atoms with Crippen LogP contribution in [0.5, 0.6) is 0 Å². The zero-order valence-electron chi connectivity index (χ0n) is 17.5. The second kappa shape index (κ2) is 10.4. The van der Waals surface area contributed by atoms with Crippen LogP contribution in [0, 0.1) is 5.92 Å². The van der Waals surface area contributed by atoms with Crippen molar-refractivity contribution in [3.8, 4) is 0 Å². The molecule has 0 aliphatic carbocycles. The molecule has 0 spiro atoms. The number of amides is 2. The van der Waals surface area contributed by atoms with Gasteiger partial charge in [0.25, 0.3) is 0 Å². The van der Waals surface area contributed by atoms with Gasteiger partial charge >= 0.3 is 5.97 Å². The number of carboxylic acids is 1. The maximum absolute atomic E-state index is 13.0. The van der Waals surface area contributed by atoms with Crippen molar-refractivity contribution in [1.29, 1.82) is 0 Å². The molecular weight excluding hydrogens is 346 g/mol. The number of piperidine rings is 1. The molecule has 0 aromatic heterocycles. The topological polar surface area (TPSA) is 90.0 Å². The van der Waals surface area contributed by atoms with Gasteiger partial charge in [-0.3, -0.25) is 14.5 Å². The van der Waals surface area contributed by atoms with Crippen molar-refractivity contribution in [2.45, 2.75) is 71.5 Å². The predicted molar refractivity (Wildman–Crippen MR) is 105 cm³/mol. The van der Waals surface area contributed by atoms with Gasteiger partial charge in [0.05, 0.1) is 12.1 Å². The summed E-state index contributed by atoms with van der Waals surface area (Å²) < 4.78 is 0. The van der Waals surface area contributed by atoms with Crippen LogP contribution < -0.4 is 5.32 Å². The minimum Gasteiger partial charge on any atom is -0.478 e. The number of rotatable bonds is 8. The molecule has 1 aliphatic heterocycles. The molecule has 27 heavy (non-hydrogen) atoms. The largest absolute Gasteiger partial charge is 0.478 e. The molecule has 3 atom stereocenters. The van der Waals surface area contributed by atoms with Gasteiger partial charge in [-0.15, -0.1) is 0 Å². The van der Waals surface area contributed by atoms with Gasteiger partial charge in [-0.2, -0.15) is 0 Å². The Bertz CT molecular complexity index is 574. The number of hydrogen-bond donors (Lipinski definition) is 2. The van der Waals surface area contributed by atoms with E-state index >= 15 is 0 Å². The maximum Gasteiger partial charge on any atom is 0.331 e. The zero-order valence-corrected chi connectivity index (χ0v) is 17.5. The average molecular weight is 382 g/mol. The van der Waals surface area contributed by atoms with Crippen molar-refractivity contribution < 1.29 is 19.5 Å². The van der Waals surface area contributed by atoms with E-state index in [-0.39, 0.29) is 35.4 Å². The highest BCUT2D eigenvalue weighted by atomic mass is 16.4. The van der Waals surface area contributed by atoms with Crippen LogP contribution in [0.25, 0.3) is 0 Å². The minimum absolute atomic E-state index is 0.0472. The van der Waals surface area contributed by atoms with Gasteiger partial charge in [0, 0.05) is 12.6 Å². The Kier molecular flexibility index (Phi) is 8.96. The third-order valence-electron chi connectivity index (χ3n) is 5.33. The van der Waals surface area contributed by atoms with Gasteiger partial charge < -0.3 is 15.3 Å². The molecule has 1 fully saturated rings. The fourth-order valence-corrected chi connectivity index (χ4v) is 3.48. The van der Waals surface area contributed by atoms with Gasteiger partial charge in [-0.25, -0.2) is 4.79 Å². The molecule has 1 saturated heterocycles. The summed E-state index contributed by atoms with van der Waals surface area (Å²) >= 11 is 0. The fourth-order valence-electron chi connectivity index (χ4n) is 3.48. The molecule has 0 aromatic carbocycles. The fraction of sp³-hybridized carbons (Fsp3) is 0.750. The van der Waals surface area contributed by atoms with E-state index in [9.17, 15) is 14.4 Å². The second-order valence-electron chi connectivity index (χ2n) is 7.80. The first kappa shape index (κ1) is 23.1. The van der Waals surface area contributed by atoms with Crippen molar-refractivity contribution >= 4 is 17.8 Å². The quantitative estimate of drug-likeness (QED) is 0.627. The lowest BCUT2D eigenvalue weighted by Crippen LogP contribution is -2.55. The van der Waals surface area contributed by atoms with E-state index in [2.05, 4.69) is 5.32 Å². The van der Waals surface area contributed by atoms with Crippen molar-refractivity contribution in [1.82, 2.24) is 15.1 Å². The Labute approximate surface area is 162 Å². The van der Waals surface area contributed by atoms with E-state index in [0.717, 1.165) is 25.8 Å². The van der Waals surface area contributed by atoms with Crippen molar-refractivity contribution in [2.75, 3.05) is 20.6 Å². The lowest BCUT2D eigenvalue weighted by molar-refractivity contribution is -0.138. The van der Waals surface area contributed by atoms with Crippen LogP contribution in [0.2, 0.25) is 0 Å². The molecule has 0 aromatic rings. The summed E-state index contributed by atoms with van der Waals surface area (Å²) in [5.41, 5.74) is 0.203. The number of likely N-dealkylation sites (tertiary alicyclic amines) is 1. The maximum atomic E-state index is 13.0. The summed E-state index contributed by atoms with van der Waals surface area (Å²) in [6.07, 6.45) is 5.00. The number of carbonyl (C=O) groups excluding carboxylic acids is 2. The van der Waals surface area contributed by atoms with Gasteiger partial charge in [-0.1, -0.05) is 33.3 Å². The highest BCUT2D eigenvalue weighted by Gasteiger charge is 2.32. The standard InChI is InChI=1S/C20H35N3O4/c1-7-15(21-18(24)16-10-8-9-11-22(16)5)19(25)23(6)17(13(2)3)12-14(4)20(26)27/h12-13,15-17H,7-11H2,1-6H3,(H,21,24)(H,26,27)/t15-,16+,17+/m0/s1. The van der Waals surface area contributed by atoms with Crippen molar-refractivity contribution in [2.24, 2.45) is 5.92 Å². The number of hydrogen-bond acceptors (Lipinski definition) is 4. The monoisotopic (exact) mass is 381 g/mol. The predicted octanol–water partition coefficient (Wildman–Crippen LogP) is 1.88. The van der Waals surface area contributed by atoms with E-state index in [1.807, 2.05) is 32.7 Å². The second-order valence-corrected chi connectivity index (χ2v) is 7.80. The van der Waals surface area contributed by atoms with E-state index in [4.69, 9.17) is 5.11 Å². The van der Waals surface area contributed by atoms with Crippen LogP contribution >= 0.6 is 0 Å². The van der Waals surface area contributed by atoms with E-state index in [0.29, 0.717) is 6.42 Å². The molecule has 1 aliphatic rings. The number of likely N-dealkylation sites (N-methyl/N-ethyl adjacent to an activating group) is 2. The average Bonchev–Trinajstić information content (AvgIpc) is 2.62. The van der Waals surface area contributed by atoms with Gasteiger partial charge in [0.1, 0.15) is 6.04 Å². The van der Waals surface area contributed by atoms with Crippen molar-refractivity contribution in [3.63, 3.8) is 0 Å². The number of aliphatic carboxylic acids is 1. The van der Waals surface area contributed by atoms with E-state index in [1.165, 1.54) is 6.92 Å². The Balaban J connectivity index is 2.89. The van der Waals surface area contributed by atoms with Crippen LogP contribution in [0.1, 0.15) is 53.4 Å². The number of nitrogens with one attached hydrogen (secondary N) is 1. The molecule has 154 valence electrons. The number of carboxylic acid groups (broad SMARTS) is 1. The molecule has 7 nitrogen and oxygen atoms in total. The molecule has 0 unspecified atom stereocenters. The van der Waals surface area contributed by atoms with E-state index in [1.54, 1.807) is 18.0 Å². The van der Waals surface area contributed by atoms with Crippen molar-refractivity contribution in [3.05, 3.63) is 11.6 Å². The van der Waals surface area contributed by atoms with E-state index < -0.39 is 12.0 Å². The van der Waals surface area contributed by atoms with Crippen LogP contribution in [0.3, 0.4) is 0 Å². The van der Waals surface area contributed by atoms with Gasteiger partial charge in [0.2, 0.25) is 11.8 Å². The van der Waals surface area contributed by atoms with Crippen LogP contribution in [0.4, 0.5) is 0 Å². The normalized spacial score (nSPS) is 20.9. The highest BCUT2D eigenvalue weighted by Crippen LogP contribution is 2.17. The molecule has 0 bridgehead atoms. The summed E-state index contributed by atoms with van der Waals surface area (Å²) in [7, 11) is 3.60. The smallest absolute Gasteiger partial charge is 0.331 e. The Morgan fingerprint density at radius 1 is 1.30 bits per heavy atom. The molecule has 7 heteroatoms. The molecule has 1 heterocycles. The number of carbonyl (C=O) groups is 3. The first-order chi connectivity index (χ1) is 12.6. The van der Waals surface area contributed by atoms with Crippen LogP contribution in [0.15, 0.2) is 11.6 Å². The minimum atomic E-state index is -0.998. The summed E-state index contributed by atoms with van der Waals surface area (Å²) in [4.78, 5) is 40.4. The third kappa shape index (κ3) is 6.34. The summed E-state index contributed by atoms with van der Waals surface area (Å²) in [5.74, 6) is -1.25. The first-order valence-corrected chi connectivity index (χ1v) is 9.79. The molecule has 2 N–H and O–H groups in total. The molecule has 2 amide bonds. The zero-order chi connectivity index (χ0) is 20.7. The first-order valence-electron chi connectivity index (χ1n) is 9.79. The molecular formula is C20H35N3O4. The Hall–Kier alpha value is -1.89. The molecule has 0 saturated carbocycles. The summed E-state index contributed by atoms with van der Waals surface area (Å²) in [6.45, 7) is 8.16. The lowest BCUT2D eigenvalue weighted by atomic mass is 9.98. The van der Waals surface area contributed by atoms with Crippen LogP contribution in [-0.2, 0) is 14.4 Å². The molecule has 1 rings (SSSR count). The highest BCUT2D eigenvalue weighted by molar-refractivity contribution is 5.90. The molecule has 0 radical (unpaired) electrons. The van der Waals surface area contributed by atoms with Crippen LogP contribution in [-0.4, -0.2) is 71.5 Å². The third-order valence-corrected chi connectivity index (χ3v) is 5.33. The SMILES string of the molecule is CC[C@H](NC(=O)[C@H]1CCCCN1C)C(=O)N(C)[C@H](C=C(C)C(=O)O)C(C)C. The Morgan fingerprint density at radius 2 is 1.93 bits per heavy atom. The summed E-state index contributed by atoms with van der Waals surface area (Å²) in [6, 6.07) is -1.16. The Morgan fingerprint density at radius 3 is 2.41 bits per heavy atom. The summed E-state index contributed by atoms with van der Waals surface area (Å²) in [5, 5.41) is 12.1. The van der Waals surface area contributed by atoms with Gasteiger partial charge in [0.15, 0.2) is 0 Å². The lowest BCUT2D eigenvalue weighted by Gasteiger charge is -2.35.